The minimum Gasteiger partial charge on any atom is -0.393 e. The molecule has 0 spiro atoms. The lowest BCUT2D eigenvalue weighted by Crippen LogP contribution is -2.39. The Balaban J connectivity index is 2.13. The third kappa shape index (κ3) is 2.19. The first-order valence-electron chi connectivity index (χ1n) is 6.32. The second kappa shape index (κ2) is 5.39. The van der Waals surface area contributed by atoms with Crippen molar-refractivity contribution in [2.45, 2.75) is 24.9 Å². The molecule has 1 aliphatic rings. The van der Waals surface area contributed by atoms with Crippen LogP contribution >= 0.6 is 23.2 Å². The number of ether oxygens (including phenoxy) is 2. The molecule has 118 valence electrons. The molecule has 0 saturated carbocycles. The molecular formula is C12H12Cl2N4O4. The Labute approximate surface area is 135 Å². The molecule has 1 N–H and O–H groups in total. The van der Waals surface area contributed by atoms with E-state index in [-0.39, 0.29) is 16.2 Å². The van der Waals surface area contributed by atoms with Crippen LogP contribution in [0.5, 0.6) is 0 Å². The van der Waals surface area contributed by atoms with E-state index < -0.39 is 24.5 Å². The van der Waals surface area contributed by atoms with Gasteiger partial charge in [0.15, 0.2) is 34.5 Å². The van der Waals surface area contributed by atoms with Crippen LogP contribution in [-0.2, 0) is 14.3 Å². The van der Waals surface area contributed by atoms with Crippen molar-refractivity contribution >= 4 is 40.1 Å². The predicted octanol–water partition coefficient (Wildman–Crippen LogP) is 0.997. The van der Waals surface area contributed by atoms with Crippen LogP contribution in [-0.4, -0.2) is 55.8 Å². The topological polar surface area (TPSA) is 99.4 Å². The first kappa shape index (κ1) is 15.6. The Bertz CT molecular complexity index is 752. The molecule has 0 radical (unpaired) electrons. The Morgan fingerprint density at radius 3 is 2.86 bits per heavy atom. The summed E-state index contributed by atoms with van der Waals surface area (Å²) in [4.78, 5) is 24.3. The second-order valence-electron chi connectivity index (χ2n) is 5.03. The number of methoxy groups -OCH3 is 1. The average molecular weight is 347 g/mol. The van der Waals surface area contributed by atoms with Crippen LogP contribution in [0.2, 0.25) is 10.4 Å². The third-order valence-corrected chi connectivity index (χ3v) is 4.03. The maximum atomic E-state index is 12.3. The molecule has 10 heteroatoms. The molecule has 1 aliphatic heterocycles. The van der Waals surface area contributed by atoms with Gasteiger partial charge in [-0.1, -0.05) is 11.6 Å². The summed E-state index contributed by atoms with van der Waals surface area (Å²) in [6, 6.07) is 0. The Kier molecular flexibility index (Phi) is 3.82. The zero-order valence-electron chi connectivity index (χ0n) is 11.7. The summed E-state index contributed by atoms with van der Waals surface area (Å²) in [5, 5.41) is 9.47. The van der Waals surface area contributed by atoms with Crippen molar-refractivity contribution < 1.29 is 19.4 Å². The van der Waals surface area contributed by atoms with Gasteiger partial charge in [0.1, 0.15) is 5.52 Å². The number of rotatable bonds is 3. The number of carbonyl (C=O) groups excluding carboxylic acids is 1. The SMILES string of the molecule is CO[C@H]1C(=O)C(C)(CO)OC1n1cnc2c(Cl)nc(Cl)nc21. The average Bonchev–Trinajstić information content (AvgIpc) is 3.00. The highest BCUT2D eigenvalue weighted by Crippen LogP contribution is 2.37. The number of aliphatic hydroxyl groups excluding tert-OH is 1. The lowest BCUT2D eigenvalue weighted by molar-refractivity contribution is -0.139. The smallest absolute Gasteiger partial charge is 0.225 e. The van der Waals surface area contributed by atoms with E-state index in [9.17, 15) is 9.90 Å². The number of aliphatic hydroxyl groups is 1. The minimum absolute atomic E-state index is 0.0533. The predicted molar refractivity (Wildman–Crippen MR) is 76.8 cm³/mol. The van der Waals surface area contributed by atoms with Crippen molar-refractivity contribution in [3.05, 3.63) is 16.8 Å². The van der Waals surface area contributed by atoms with Gasteiger partial charge in [0.2, 0.25) is 5.28 Å². The number of halogens is 2. The first-order valence-corrected chi connectivity index (χ1v) is 7.08. The minimum atomic E-state index is -1.36. The highest BCUT2D eigenvalue weighted by molar-refractivity contribution is 6.35. The van der Waals surface area contributed by atoms with Crippen molar-refractivity contribution in [1.82, 2.24) is 19.5 Å². The van der Waals surface area contributed by atoms with Crippen molar-refractivity contribution in [1.29, 1.82) is 0 Å². The van der Waals surface area contributed by atoms with Gasteiger partial charge in [-0.2, -0.15) is 4.98 Å². The highest BCUT2D eigenvalue weighted by atomic mass is 35.5. The molecule has 2 aromatic rings. The number of imidazole rings is 1. The molecule has 2 unspecified atom stereocenters. The normalized spacial score (nSPS) is 28.7. The van der Waals surface area contributed by atoms with Crippen molar-refractivity contribution in [2.24, 2.45) is 0 Å². The van der Waals surface area contributed by atoms with Crippen molar-refractivity contribution in [3.8, 4) is 0 Å². The van der Waals surface area contributed by atoms with E-state index in [1.165, 1.54) is 24.9 Å². The van der Waals surface area contributed by atoms with Gasteiger partial charge in [0, 0.05) is 7.11 Å². The van der Waals surface area contributed by atoms with E-state index in [1.807, 2.05) is 0 Å². The second-order valence-corrected chi connectivity index (χ2v) is 5.72. The van der Waals surface area contributed by atoms with Gasteiger partial charge < -0.3 is 14.6 Å². The highest BCUT2D eigenvalue weighted by Gasteiger charge is 2.53. The molecule has 2 aromatic heterocycles. The lowest BCUT2D eigenvalue weighted by atomic mass is 10.0. The fourth-order valence-electron chi connectivity index (χ4n) is 2.40. The molecule has 3 rings (SSSR count). The van der Waals surface area contributed by atoms with Crippen molar-refractivity contribution in [3.63, 3.8) is 0 Å². The van der Waals surface area contributed by atoms with E-state index in [2.05, 4.69) is 15.0 Å². The Morgan fingerprint density at radius 2 is 2.23 bits per heavy atom. The molecule has 22 heavy (non-hydrogen) atoms. The van der Waals surface area contributed by atoms with E-state index in [1.54, 1.807) is 0 Å². The summed E-state index contributed by atoms with van der Waals surface area (Å²) < 4.78 is 12.4. The summed E-state index contributed by atoms with van der Waals surface area (Å²) in [6.07, 6.45) is -0.349. The largest absolute Gasteiger partial charge is 0.393 e. The number of nitrogens with zero attached hydrogens (tertiary/aromatic N) is 4. The number of carbonyl (C=O) groups is 1. The van der Waals surface area contributed by atoms with Crippen LogP contribution < -0.4 is 0 Å². The summed E-state index contributed by atoms with van der Waals surface area (Å²) >= 11 is 11.8. The van der Waals surface area contributed by atoms with Crippen LogP contribution in [0.4, 0.5) is 0 Å². The Morgan fingerprint density at radius 1 is 1.50 bits per heavy atom. The van der Waals surface area contributed by atoms with E-state index in [4.69, 9.17) is 32.7 Å². The van der Waals surface area contributed by atoms with Gasteiger partial charge >= 0.3 is 0 Å². The zero-order chi connectivity index (χ0) is 16.1. The fraction of sp³-hybridized carbons (Fsp3) is 0.500. The third-order valence-electron chi connectivity index (χ3n) is 3.60. The molecule has 3 atom stereocenters. The quantitative estimate of drug-likeness (QED) is 0.653. The number of hydrogen-bond donors (Lipinski definition) is 1. The van der Waals surface area contributed by atoms with Gasteiger partial charge in [-0.3, -0.25) is 9.36 Å². The van der Waals surface area contributed by atoms with Crippen LogP contribution in [0.15, 0.2) is 6.33 Å². The van der Waals surface area contributed by atoms with Crippen LogP contribution in [0.25, 0.3) is 11.2 Å². The number of fused-ring (bicyclic) bond motifs is 1. The first-order chi connectivity index (χ1) is 10.4. The number of aromatic nitrogens is 4. The Hall–Kier alpha value is -1.32. The van der Waals surface area contributed by atoms with Crippen molar-refractivity contribution in [2.75, 3.05) is 13.7 Å². The molecule has 3 heterocycles. The number of hydrogen-bond acceptors (Lipinski definition) is 7. The summed E-state index contributed by atoms with van der Waals surface area (Å²) in [5.41, 5.74) is -0.718. The zero-order valence-corrected chi connectivity index (χ0v) is 13.2. The van der Waals surface area contributed by atoms with E-state index in [0.29, 0.717) is 11.2 Å². The van der Waals surface area contributed by atoms with Crippen LogP contribution in [0, 0.1) is 0 Å². The molecular weight excluding hydrogens is 335 g/mol. The lowest BCUT2D eigenvalue weighted by Gasteiger charge is -2.20. The monoisotopic (exact) mass is 346 g/mol. The molecule has 0 aliphatic carbocycles. The number of Topliss-reactive ketones (excluding diaryl/α,β-unsaturated/α-hetero) is 1. The molecule has 0 aromatic carbocycles. The molecule has 1 saturated heterocycles. The van der Waals surface area contributed by atoms with E-state index >= 15 is 0 Å². The molecule has 8 nitrogen and oxygen atoms in total. The number of ketones is 1. The van der Waals surface area contributed by atoms with Gasteiger partial charge in [-0.05, 0) is 18.5 Å². The van der Waals surface area contributed by atoms with Crippen LogP contribution in [0.3, 0.4) is 0 Å². The van der Waals surface area contributed by atoms with Gasteiger partial charge in [0.05, 0.1) is 12.9 Å². The summed E-state index contributed by atoms with van der Waals surface area (Å²) in [7, 11) is 1.39. The summed E-state index contributed by atoms with van der Waals surface area (Å²) in [5.74, 6) is -0.365. The molecule has 0 bridgehead atoms. The molecule has 1 fully saturated rings. The van der Waals surface area contributed by atoms with Crippen LogP contribution in [0.1, 0.15) is 13.2 Å². The summed E-state index contributed by atoms with van der Waals surface area (Å²) in [6.45, 7) is 1.03. The molecule has 0 amide bonds. The van der Waals surface area contributed by atoms with Gasteiger partial charge in [-0.25, -0.2) is 9.97 Å². The van der Waals surface area contributed by atoms with Gasteiger partial charge in [-0.15, -0.1) is 0 Å². The fourth-order valence-corrected chi connectivity index (χ4v) is 2.82. The van der Waals surface area contributed by atoms with E-state index in [0.717, 1.165) is 0 Å². The maximum Gasteiger partial charge on any atom is 0.225 e. The van der Waals surface area contributed by atoms with Gasteiger partial charge in [0.25, 0.3) is 0 Å². The maximum absolute atomic E-state index is 12.3. The standard InChI is InChI=1S/C12H12Cl2N4O4/c1-12(3-19)7(20)6(21-2)10(22-12)18-4-15-5-8(13)16-11(14)17-9(5)18/h4,6,10,19H,3H2,1-2H3/t6-,10?,12?/m0/s1.